The molecule has 1 N–H and O–H groups in total. The minimum absolute atomic E-state index is 0.258. The third-order valence-electron chi connectivity index (χ3n) is 2.42. The van der Waals surface area contributed by atoms with E-state index in [9.17, 15) is 4.79 Å². The lowest BCUT2D eigenvalue weighted by molar-refractivity contribution is 0.0697. The summed E-state index contributed by atoms with van der Waals surface area (Å²) in [5.74, 6) is -0.935. The smallest absolute Gasteiger partial charge is 0.339 e. The number of carboxylic acid groups (broad SMARTS) is 1. The monoisotopic (exact) mass is 204 g/mol. The lowest BCUT2D eigenvalue weighted by atomic mass is 10.1. The Kier molecular flexibility index (Phi) is 2.19. The Morgan fingerprint density at radius 1 is 1.60 bits per heavy atom. The molecule has 0 aliphatic carbocycles. The van der Waals surface area contributed by atoms with Crippen LogP contribution >= 0.6 is 0 Å². The van der Waals surface area contributed by atoms with Gasteiger partial charge < -0.3 is 10.0 Å². The zero-order chi connectivity index (χ0) is 11.0. The van der Waals surface area contributed by atoms with Gasteiger partial charge in [0.15, 0.2) is 0 Å². The van der Waals surface area contributed by atoms with Crippen molar-refractivity contribution in [2.24, 2.45) is 0 Å². The second kappa shape index (κ2) is 3.38. The van der Waals surface area contributed by atoms with Crippen molar-refractivity contribution in [3.8, 4) is 0 Å². The quantitative estimate of drug-likeness (QED) is 0.741. The highest BCUT2D eigenvalue weighted by molar-refractivity contribution is 5.94. The first-order valence-electron chi connectivity index (χ1n) is 4.69. The van der Waals surface area contributed by atoms with E-state index in [1.54, 1.807) is 6.07 Å². The number of rotatable bonds is 2. The molecule has 0 saturated carbocycles. The van der Waals surface area contributed by atoms with Crippen LogP contribution in [0.3, 0.4) is 0 Å². The first kappa shape index (κ1) is 9.71. The van der Waals surface area contributed by atoms with Crippen LogP contribution in [-0.4, -0.2) is 29.1 Å². The number of carboxylic acids is 1. The number of aromatic nitrogens is 1. The van der Waals surface area contributed by atoms with Crippen molar-refractivity contribution in [1.29, 1.82) is 0 Å². The summed E-state index contributed by atoms with van der Waals surface area (Å²) in [6.07, 6.45) is 1.41. The molecule has 0 amide bonds. The molecular weight excluding hydrogens is 192 g/mol. The summed E-state index contributed by atoms with van der Waals surface area (Å²) in [5, 5.41) is 9.00. The van der Waals surface area contributed by atoms with Crippen molar-refractivity contribution in [2.75, 3.05) is 18.0 Å². The van der Waals surface area contributed by atoms with Crippen LogP contribution in [-0.2, 0) is 0 Å². The third-order valence-corrected chi connectivity index (χ3v) is 2.42. The molecule has 78 valence electrons. The molecule has 1 aliphatic rings. The van der Waals surface area contributed by atoms with Gasteiger partial charge in [-0.05, 0) is 18.6 Å². The summed E-state index contributed by atoms with van der Waals surface area (Å²) in [5.41, 5.74) is 2.95. The SMILES string of the molecule is C=C1CN(c2cc(C)ncc2C(=O)O)C1. The third kappa shape index (κ3) is 1.70. The molecule has 0 radical (unpaired) electrons. The van der Waals surface area contributed by atoms with Crippen LogP contribution in [0, 0.1) is 6.92 Å². The summed E-state index contributed by atoms with van der Waals surface area (Å²) in [6, 6.07) is 1.80. The molecular formula is C11H12N2O2. The lowest BCUT2D eigenvalue weighted by Crippen LogP contribution is -2.40. The Hall–Kier alpha value is -1.84. The van der Waals surface area contributed by atoms with Crippen LogP contribution in [0.1, 0.15) is 16.1 Å². The normalized spacial score (nSPS) is 15.0. The van der Waals surface area contributed by atoms with Crippen LogP contribution < -0.4 is 4.90 Å². The zero-order valence-corrected chi connectivity index (χ0v) is 8.53. The van der Waals surface area contributed by atoms with Gasteiger partial charge in [0.05, 0.1) is 5.69 Å². The van der Waals surface area contributed by atoms with Crippen molar-refractivity contribution in [2.45, 2.75) is 6.92 Å². The maximum atomic E-state index is 11.0. The predicted molar refractivity (Wildman–Crippen MR) is 57.3 cm³/mol. The summed E-state index contributed by atoms with van der Waals surface area (Å²) in [4.78, 5) is 16.9. The average Bonchev–Trinajstić information content (AvgIpc) is 2.12. The standard InChI is InChI=1S/C11H12N2O2/c1-7-5-13(6-7)10-3-8(2)12-4-9(10)11(14)15/h3-4H,1,5-6H2,2H3,(H,14,15). The molecule has 1 saturated heterocycles. The fourth-order valence-electron chi connectivity index (χ4n) is 1.64. The molecule has 0 unspecified atom stereocenters. The van der Waals surface area contributed by atoms with E-state index in [-0.39, 0.29) is 5.56 Å². The molecule has 1 aromatic heterocycles. The second-order valence-corrected chi connectivity index (χ2v) is 3.75. The van der Waals surface area contributed by atoms with Crippen LogP contribution in [0.5, 0.6) is 0 Å². The van der Waals surface area contributed by atoms with Gasteiger partial charge in [-0.25, -0.2) is 4.79 Å². The molecule has 0 bridgehead atoms. The van der Waals surface area contributed by atoms with Gasteiger partial charge in [0.25, 0.3) is 0 Å². The topological polar surface area (TPSA) is 53.4 Å². The molecule has 2 rings (SSSR count). The van der Waals surface area contributed by atoms with Gasteiger partial charge in [-0.1, -0.05) is 6.58 Å². The van der Waals surface area contributed by atoms with Crippen LogP contribution in [0.2, 0.25) is 0 Å². The number of hydrogen-bond acceptors (Lipinski definition) is 3. The Bertz CT molecular complexity index is 432. The molecule has 0 spiro atoms. The minimum Gasteiger partial charge on any atom is -0.478 e. The summed E-state index contributed by atoms with van der Waals surface area (Å²) in [7, 11) is 0. The number of hydrogen-bond donors (Lipinski definition) is 1. The number of anilines is 1. The Labute approximate surface area is 87.9 Å². The van der Waals surface area contributed by atoms with E-state index >= 15 is 0 Å². The van der Waals surface area contributed by atoms with Crippen molar-refractivity contribution in [3.05, 3.63) is 35.7 Å². The first-order valence-corrected chi connectivity index (χ1v) is 4.69. The highest BCUT2D eigenvalue weighted by atomic mass is 16.4. The maximum Gasteiger partial charge on any atom is 0.339 e. The van der Waals surface area contributed by atoms with E-state index < -0.39 is 5.97 Å². The van der Waals surface area contributed by atoms with Crippen molar-refractivity contribution >= 4 is 11.7 Å². The molecule has 15 heavy (non-hydrogen) atoms. The highest BCUT2D eigenvalue weighted by Crippen LogP contribution is 2.27. The van der Waals surface area contributed by atoms with Crippen molar-refractivity contribution in [3.63, 3.8) is 0 Å². The number of carbonyl (C=O) groups is 1. The van der Waals surface area contributed by atoms with Gasteiger partial charge in [0.2, 0.25) is 0 Å². The second-order valence-electron chi connectivity index (χ2n) is 3.75. The molecule has 4 heteroatoms. The lowest BCUT2D eigenvalue weighted by Gasteiger charge is -2.36. The minimum atomic E-state index is -0.935. The molecule has 0 aromatic carbocycles. The van der Waals surface area contributed by atoms with E-state index in [4.69, 9.17) is 5.11 Å². The van der Waals surface area contributed by atoms with Crippen LogP contribution in [0.25, 0.3) is 0 Å². The van der Waals surface area contributed by atoms with Gasteiger partial charge in [0.1, 0.15) is 5.56 Å². The average molecular weight is 204 g/mol. The van der Waals surface area contributed by atoms with E-state index in [2.05, 4.69) is 11.6 Å². The molecule has 4 nitrogen and oxygen atoms in total. The first-order chi connectivity index (χ1) is 7.08. The molecule has 1 aromatic rings. The number of aryl methyl sites for hydroxylation is 1. The largest absolute Gasteiger partial charge is 0.478 e. The summed E-state index contributed by atoms with van der Waals surface area (Å²) >= 11 is 0. The number of aromatic carboxylic acids is 1. The molecule has 1 fully saturated rings. The van der Waals surface area contributed by atoms with Crippen molar-refractivity contribution < 1.29 is 9.90 Å². The van der Waals surface area contributed by atoms with Crippen molar-refractivity contribution in [1.82, 2.24) is 4.98 Å². The van der Waals surface area contributed by atoms with Gasteiger partial charge in [-0.2, -0.15) is 0 Å². The van der Waals surface area contributed by atoms with E-state index in [0.29, 0.717) is 0 Å². The maximum absolute atomic E-state index is 11.0. The molecule has 0 atom stereocenters. The highest BCUT2D eigenvalue weighted by Gasteiger charge is 2.23. The Morgan fingerprint density at radius 2 is 2.27 bits per heavy atom. The van der Waals surface area contributed by atoms with Gasteiger partial charge in [-0.3, -0.25) is 4.98 Å². The summed E-state index contributed by atoms with van der Waals surface area (Å²) in [6.45, 7) is 7.16. The van der Waals surface area contributed by atoms with E-state index in [0.717, 1.165) is 30.0 Å². The predicted octanol–water partition coefficient (Wildman–Crippen LogP) is 1.46. The molecule has 1 aliphatic heterocycles. The van der Waals surface area contributed by atoms with Crippen LogP contribution in [0.4, 0.5) is 5.69 Å². The van der Waals surface area contributed by atoms with Gasteiger partial charge in [0, 0.05) is 25.0 Å². The van der Waals surface area contributed by atoms with Gasteiger partial charge >= 0.3 is 5.97 Å². The number of nitrogens with zero attached hydrogens (tertiary/aromatic N) is 2. The fourth-order valence-corrected chi connectivity index (χ4v) is 1.64. The zero-order valence-electron chi connectivity index (χ0n) is 8.53. The summed E-state index contributed by atoms with van der Waals surface area (Å²) < 4.78 is 0. The number of pyridine rings is 1. The van der Waals surface area contributed by atoms with Gasteiger partial charge in [-0.15, -0.1) is 0 Å². The van der Waals surface area contributed by atoms with E-state index in [1.165, 1.54) is 6.20 Å². The fraction of sp³-hybridized carbons (Fsp3) is 0.273. The molecule has 2 heterocycles. The van der Waals surface area contributed by atoms with Crippen LogP contribution in [0.15, 0.2) is 24.4 Å². The Morgan fingerprint density at radius 3 is 2.80 bits per heavy atom. The van der Waals surface area contributed by atoms with E-state index in [1.807, 2.05) is 11.8 Å². The Balaban J connectivity index is 2.39.